The summed E-state index contributed by atoms with van der Waals surface area (Å²) in [6, 6.07) is 4.23. The molecule has 0 fully saturated rings. The number of hydrogen-bond donors (Lipinski definition) is 0. The van der Waals surface area contributed by atoms with Crippen LogP contribution < -0.4 is 0 Å². The van der Waals surface area contributed by atoms with E-state index in [0.29, 0.717) is 12.0 Å². The van der Waals surface area contributed by atoms with Crippen LogP contribution in [0, 0.1) is 21.4 Å². The Morgan fingerprint density at radius 2 is 2.24 bits per heavy atom. The third-order valence-corrected chi connectivity index (χ3v) is 2.31. The molecule has 1 rings (SSSR count). The Morgan fingerprint density at radius 3 is 2.65 bits per heavy atom. The molecule has 0 amide bonds. The lowest BCUT2D eigenvalue weighted by atomic mass is 9.99. The third-order valence-electron chi connectivity index (χ3n) is 2.31. The van der Waals surface area contributed by atoms with Crippen molar-refractivity contribution in [1.82, 2.24) is 0 Å². The standard InChI is InChI=1S/C11H10N2O4/c1-3-7-4-8(13(15)16)5-9(10(7)6-12)11(14)17-2/h4-5H,3H2,1-2H3. The van der Waals surface area contributed by atoms with E-state index in [0.717, 1.165) is 13.2 Å². The van der Waals surface area contributed by atoms with E-state index in [1.165, 1.54) is 6.07 Å². The zero-order valence-corrected chi connectivity index (χ0v) is 9.39. The molecule has 0 heterocycles. The molecular weight excluding hydrogens is 224 g/mol. The molecule has 0 saturated heterocycles. The van der Waals surface area contributed by atoms with Gasteiger partial charge in [0, 0.05) is 12.1 Å². The fourth-order valence-corrected chi connectivity index (χ4v) is 1.47. The van der Waals surface area contributed by atoms with Crippen molar-refractivity contribution in [3.63, 3.8) is 0 Å². The quantitative estimate of drug-likeness (QED) is 0.451. The van der Waals surface area contributed by atoms with Crippen molar-refractivity contribution in [2.24, 2.45) is 0 Å². The SMILES string of the molecule is CCc1cc([N+](=O)[O-])cc(C(=O)OC)c1C#N. The predicted molar refractivity (Wildman–Crippen MR) is 58.5 cm³/mol. The summed E-state index contributed by atoms with van der Waals surface area (Å²) in [4.78, 5) is 21.5. The monoisotopic (exact) mass is 234 g/mol. The maximum absolute atomic E-state index is 11.4. The van der Waals surface area contributed by atoms with Crippen LogP contribution in [0.5, 0.6) is 0 Å². The molecule has 6 nitrogen and oxygen atoms in total. The lowest BCUT2D eigenvalue weighted by Gasteiger charge is -2.06. The van der Waals surface area contributed by atoms with E-state index in [2.05, 4.69) is 4.74 Å². The summed E-state index contributed by atoms with van der Waals surface area (Å²) in [7, 11) is 1.16. The van der Waals surface area contributed by atoms with E-state index in [-0.39, 0.29) is 16.8 Å². The summed E-state index contributed by atoms with van der Waals surface area (Å²) in [6.45, 7) is 1.75. The summed E-state index contributed by atoms with van der Waals surface area (Å²) >= 11 is 0. The van der Waals surface area contributed by atoms with Crippen molar-refractivity contribution in [3.8, 4) is 6.07 Å². The summed E-state index contributed by atoms with van der Waals surface area (Å²) in [6.07, 6.45) is 0.425. The first-order valence-electron chi connectivity index (χ1n) is 4.84. The minimum Gasteiger partial charge on any atom is -0.465 e. The van der Waals surface area contributed by atoms with Crippen LogP contribution in [0.4, 0.5) is 5.69 Å². The second-order valence-corrected chi connectivity index (χ2v) is 3.24. The van der Waals surface area contributed by atoms with Gasteiger partial charge in [0.1, 0.15) is 6.07 Å². The molecule has 0 aliphatic heterocycles. The number of nitrogens with zero attached hydrogens (tertiary/aromatic N) is 2. The van der Waals surface area contributed by atoms with Gasteiger partial charge in [-0.3, -0.25) is 10.1 Å². The summed E-state index contributed by atoms with van der Waals surface area (Å²) in [5.74, 6) is -0.750. The van der Waals surface area contributed by atoms with Crippen molar-refractivity contribution >= 4 is 11.7 Å². The summed E-state index contributed by atoms with van der Waals surface area (Å²) < 4.78 is 4.50. The van der Waals surface area contributed by atoms with Gasteiger partial charge in [0.05, 0.1) is 23.2 Å². The highest BCUT2D eigenvalue weighted by Crippen LogP contribution is 2.23. The fourth-order valence-electron chi connectivity index (χ4n) is 1.47. The van der Waals surface area contributed by atoms with E-state index < -0.39 is 10.9 Å². The number of benzene rings is 1. The molecule has 1 aromatic rings. The molecular formula is C11H10N2O4. The van der Waals surface area contributed by atoms with Gasteiger partial charge >= 0.3 is 5.97 Å². The van der Waals surface area contributed by atoms with Gasteiger partial charge in [0.2, 0.25) is 0 Å². The highest BCUT2D eigenvalue weighted by molar-refractivity contribution is 5.93. The molecule has 0 aliphatic carbocycles. The number of carbonyl (C=O) groups excluding carboxylic acids is 1. The van der Waals surface area contributed by atoms with Crippen LogP contribution in [0.1, 0.15) is 28.4 Å². The highest BCUT2D eigenvalue weighted by Gasteiger charge is 2.20. The average Bonchev–Trinajstić information content (AvgIpc) is 2.35. The van der Waals surface area contributed by atoms with Crippen LogP contribution in [0.25, 0.3) is 0 Å². The lowest BCUT2D eigenvalue weighted by Crippen LogP contribution is -2.07. The Morgan fingerprint density at radius 1 is 1.59 bits per heavy atom. The van der Waals surface area contributed by atoms with Gasteiger partial charge in [-0.2, -0.15) is 5.26 Å². The number of aryl methyl sites for hydroxylation is 1. The number of nitriles is 1. The number of methoxy groups -OCH3 is 1. The zero-order valence-electron chi connectivity index (χ0n) is 9.39. The van der Waals surface area contributed by atoms with Gasteiger partial charge in [0.15, 0.2) is 0 Å². The Hall–Kier alpha value is -2.42. The normalized spacial score (nSPS) is 9.47. The Kier molecular flexibility index (Phi) is 3.78. The van der Waals surface area contributed by atoms with Crippen LogP contribution in [0.15, 0.2) is 12.1 Å². The molecule has 1 aromatic carbocycles. The highest BCUT2D eigenvalue weighted by atomic mass is 16.6. The van der Waals surface area contributed by atoms with Crippen LogP contribution >= 0.6 is 0 Å². The Labute approximate surface area is 97.6 Å². The van der Waals surface area contributed by atoms with Crippen LogP contribution in [-0.4, -0.2) is 18.0 Å². The van der Waals surface area contributed by atoms with Crippen molar-refractivity contribution < 1.29 is 14.5 Å². The second kappa shape index (κ2) is 5.07. The molecule has 0 unspecified atom stereocenters. The van der Waals surface area contributed by atoms with E-state index in [9.17, 15) is 14.9 Å². The van der Waals surface area contributed by atoms with Crippen LogP contribution in [0.3, 0.4) is 0 Å². The second-order valence-electron chi connectivity index (χ2n) is 3.24. The number of hydrogen-bond acceptors (Lipinski definition) is 5. The summed E-state index contributed by atoms with van der Waals surface area (Å²) in [5, 5.41) is 19.7. The van der Waals surface area contributed by atoms with Crippen molar-refractivity contribution in [1.29, 1.82) is 5.26 Å². The smallest absolute Gasteiger partial charge is 0.339 e. The number of rotatable bonds is 3. The van der Waals surface area contributed by atoms with Crippen molar-refractivity contribution in [2.45, 2.75) is 13.3 Å². The first-order valence-corrected chi connectivity index (χ1v) is 4.84. The molecule has 0 atom stereocenters. The van der Waals surface area contributed by atoms with Gasteiger partial charge in [-0.15, -0.1) is 0 Å². The van der Waals surface area contributed by atoms with Gasteiger partial charge in [0.25, 0.3) is 5.69 Å². The minimum absolute atomic E-state index is 0.0685. The molecule has 88 valence electrons. The van der Waals surface area contributed by atoms with Gasteiger partial charge in [-0.25, -0.2) is 4.79 Å². The van der Waals surface area contributed by atoms with Gasteiger partial charge in [-0.1, -0.05) is 6.92 Å². The van der Waals surface area contributed by atoms with E-state index in [4.69, 9.17) is 5.26 Å². The van der Waals surface area contributed by atoms with Gasteiger partial charge < -0.3 is 4.74 Å². The molecule has 0 aliphatic rings. The minimum atomic E-state index is -0.750. The maximum atomic E-state index is 11.4. The molecule has 6 heteroatoms. The number of esters is 1. The lowest BCUT2D eigenvalue weighted by molar-refractivity contribution is -0.385. The van der Waals surface area contributed by atoms with Crippen LogP contribution in [0.2, 0.25) is 0 Å². The molecule has 17 heavy (non-hydrogen) atoms. The molecule has 0 radical (unpaired) electrons. The molecule has 0 spiro atoms. The first-order chi connectivity index (χ1) is 8.04. The number of ether oxygens (including phenoxy) is 1. The largest absolute Gasteiger partial charge is 0.465 e. The number of nitro groups is 1. The molecule has 0 bridgehead atoms. The number of non-ortho nitro benzene ring substituents is 1. The van der Waals surface area contributed by atoms with E-state index in [1.807, 2.05) is 6.07 Å². The van der Waals surface area contributed by atoms with Gasteiger partial charge in [-0.05, 0) is 12.0 Å². The molecule has 0 saturated carbocycles. The first kappa shape index (κ1) is 12.6. The fraction of sp³-hybridized carbons (Fsp3) is 0.273. The molecule has 0 aromatic heterocycles. The Balaban J connectivity index is 3.55. The zero-order chi connectivity index (χ0) is 13.0. The van der Waals surface area contributed by atoms with Crippen molar-refractivity contribution in [2.75, 3.05) is 7.11 Å². The number of carbonyl (C=O) groups is 1. The molecule has 0 N–H and O–H groups in total. The topological polar surface area (TPSA) is 93.2 Å². The maximum Gasteiger partial charge on any atom is 0.339 e. The predicted octanol–water partition coefficient (Wildman–Crippen LogP) is 1.82. The number of nitro benzene ring substituents is 1. The van der Waals surface area contributed by atoms with E-state index in [1.54, 1.807) is 6.92 Å². The Bertz CT molecular complexity index is 517. The van der Waals surface area contributed by atoms with Crippen LogP contribution in [-0.2, 0) is 11.2 Å². The van der Waals surface area contributed by atoms with E-state index >= 15 is 0 Å². The average molecular weight is 234 g/mol. The third kappa shape index (κ3) is 2.39. The summed E-state index contributed by atoms with van der Waals surface area (Å²) in [5.41, 5.74) is 0.300. The van der Waals surface area contributed by atoms with Crippen molar-refractivity contribution in [3.05, 3.63) is 38.9 Å².